The van der Waals surface area contributed by atoms with Crippen LogP contribution in [0.5, 0.6) is 0 Å². The maximum absolute atomic E-state index is 12.9. The van der Waals surface area contributed by atoms with Gasteiger partial charge in [-0.25, -0.2) is 9.97 Å². The minimum absolute atomic E-state index is 0.183. The number of alkyl halides is 3. The molecule has 2 unspecified atom stereocenters. The van der Waals surface area contributed by atoms with Crippen LogP contribution in [0.25, 0.3) is 0 Å². The maximum atomic E-state index is 12.9. The van der Waals surface area contributed by atoms with Gasteiger partial charge in [-0.15, -0.1) is 0 Å². The number of rotatable bonds is 3. The molecule has 0 radical (unpaired) electrons. The van der Waals surface area contributed by atoms with Gasteiger partial charge in [0.2, 0.25) is 5.82 Å². The van der Waals surface area contributed by atoms with E-state index in [0.29, 0.717) is 11.7 Å². The quantitative estimate of drug-likeness (QED) is 0.927. The summed E-state index contributed by atoms with van der Waals surface area (Å²) in [5, 5.41) is 2.67. The van der Waals surface area contributed by atoms with Crippen molar-refractivity contribution in [2.45, 2.75) is 44.8 Å². The van der Waals surface area contributed by atoms with Crippen LogP contribution in [-0.4, -0.2) is 30.1 Å². The third-order valence-electron chi connectivity index (χ3n) is 4.15. The van der Waals surface area contributed by atoms with Gasteiger partial charge < -0.3 is 10.2 Å². The van der Waals surface area contributed by atoms with Crippen molar-refractivity contribution in [1.82, 2.24) is 9.97 Å². The normalized spacial score (nSPS) is 23.0. The molecule has 0 saturated heterocycles. The van der Waals surface area contributed by atoms with E-state index in [9.17, 15) is 13.2 Å². The van der Waals surface area contributed by atoms with E-state index in [1.807, 2.05) is 11.9 Å². The Kier molecular flexibility index (Phi) is 4.58. The molecule has 7 heteroatoms. The molecular weight excluding hydrogens is 281 g/mol. The highest BCUT2D eigenvalue weighted by atomic mass is 19.4. The Balaban J connectivity index is 2.33. The van der Waals surface area contributed by atoms with Crippen LogP contribution in [0.3, 0.4) is 0 Å². The van der Waals surface area contributed by atoms with Crippen LogP contribution < -0.4 is 10.2 Å². The molecule has 1 heterocycles. The number of anilines is 2. The fourth-order valence-corrected chi connectivity index (χ4v) is 2.91. The first-order valence-corrected chi connectivity index (χ1v) is 7.19. The second kappa shape index (κ2) is 6.07. The zero-order valence-electron chi connectivity index (χ0n) is 12.5. The van der Waals surface area contributed by atoms with E-state index in [1.54, 1.807) is 13.1 Å². The zero-order chi connectivity index (χ0) is 15.6. The van der Waals surface area contributed by atoms with Crippen molar-refractivity contribution in [1.29, 1.82) is 0 Å². The SMILES string of the molecule is CNc1cc(N(C)C2CCCCC2C)nc(C(F)(F)F)n1. The number of hydrogen-bond donors (Lipinski definition) is 1. The van der Waals surface area contributed by atoms with Crippen LogP contribution >= 0.6 is 0 Å². The third-order valence-corrected chi connectivity index (χ3v) is 4.15. The van der Waals surface area contributed by atoms with Crippen LogP contribution in [0.2, 0.25) is 0 Å². The van der Waals surface area contributed by atoms with Crippen molar-refractivity contribution in [3.05, 3.63) is 11.9 Å². The molecule has 21 heavy (non-hydrogen) atoms. The molecule has 0 amide bonds. The van der Waals surface area contributed by atoms with Gasteiger partial charge in [0.25, 0.3) is 0 Å². The second-order valence-corrected chi connectivity index (χ2v) is 5.62. The Morgan fingerprint density at radius 2 is 1.90 bits per heavy atom. The highest BCUT2D eigenvalue weighted by Crippen LogP contribution is 2.33. The van der Waals surface area contributed by atoms with Crippen molar-refractivity contribution < 1.29 is 13.2 Å². The minimum atomic E-state index is -4.54. The lowest BCUT2D eigenvalue weighted by atomic mass is 9.85. The molecule has 0 aromatic carbocycles. The van der Waals surface area contributed by atoms with Gasteiger partial charge in [0.15, 0.2) is 0 Å². The number of aromatic nitrogens is 2. The van der Waals surface area contributed by atoms with Crippen molar-refractivity contribution in [3.63, 3.8) is 0 Å². The topological polar surface area (TPSA) is 41.0 Å². The summed E-state index contributed by atoms with van der Waals surface area (Å²) in [6.45, 7) is 2.14. The molecule has 1 N–H and O–H groups in total. The monoisotopic (exact) mass is 302 g/mol. The highest BCUT2D eigenvalue weighted by molar-refractivity contribution is 5.49. The average Bonchev–Trinajstić information content (AvgIpc) is 2.45. The average molecular weight is 302 g/mol. The Bertz CT molecular complexity index is 490. The predicted octanol–water partition coefficient (Wildman–Crippen LogP) is 3.55. The lowest BCUT2D eigenvalue weighted by molar-refractivity contribution is -0.144. The molecule has 1 fully saturated rings. The Labute approximate surface area is 122 Å². The number of halogens is 3. The first-order valence-electron chi connectivity index (χ1n) is 7.19. The van der Waals surface area contributed by atoms with Crippen molar-refractivity contribution >= 4 is 11.6 Å². The fourth-order valence-electron chi connectivity index (χ4n) is 2.91. The zero-order valence-corrected chi connectivity index (χ0v) is 12.5. The van der Waals surface area contributed by atoms with Crippen molar-refractivity contribution in [2.24, 2.45) is 5.92 Å². The van der Waals surface area contributed by atoms with E-state index in [4.69, 9.17) is 0 Å². The van der Waals surface area contributed by atoms with Crippen LogP contribution in [0, 0.1) is 5.92 Å². The summed E-state index contributed by atoms with van der Waals surface area (Å²) in [5.74, 6) is -0.145. The van der Waals surface area contributed by atoms with E-state index in [1.165, 1.54) is 6.42 Å². The van der Waals surface area contributed by atoms with E-state index in [-0.39, 0.29) is 11.9 Å². The van der Waals surface area contributed by atoms with Gasteiger partial charge >= 0.3 is 6.18 Å². The van der Waals surface area contributed by atoms with Gasteiger partial charge in [-0.3, -0.25) is 0 Å². The van der Waals surface area contributed by atoms with E-state index in [0.717, 1.165) is 19.3 Å². The van der Waals surface area contributed by atoms with Gasteiger partial charge in [0.05, 0.1) is 0 Å². The van der Waals surface area contributed by atoms with Gasteiger partial charge in [-0.1, -0.05) is 19.8 Å². The molecule has 0 aliphatic heterocycles. The summed E-state index contributed by atoms with van der Waals surface area (Å²) < 4.78 is 38.7. The minimum Gasteiger partial charge on any atom is -0.373 e. The number of nitrogens with one attached hydrogen (secondary N) is 1. The molecule has 0 spiro atoms. The molecule has 2 atom stereocenters. The molecule has 2 rings (SSSR count). The van der Waals surface area contributed by atoms with Crippen LogP contribution in [0.4, 0.5) is 24.8 Å². The second-order valence-electron chi connectivity index (χ2n) is 5.62. The van der Waals surface area contributed by atoms with Gasteiger partial charge in [0, 0.05) is 26.2 Å². The Morgan fingerprint density at radius 3 is 2.48 bits per heavy atom. The third kappa shape index (κ3) is 3.57. The highest BCUT2D eigenvalue weighted by Gasteiger charge is 2.36. The lowest BCUT2D eigenvalue weighted by Gasteiger charge is -2.37. The van der Waals surface area contributed by atoms with Crippen LogP contribution in [-0.2, 0) is 6.18 Å². The standard InChI is InChI=1S/C14H21F3N4/c1-9-6-4-5-7-10(9)21(3)12-8-11(18-2)19-13(20-12)14(15,16)17/h8-10H,4-7H2,1-3H3,(H,18,19,20). The van der Waals surface area contributed by atoms with E-state index in [2.05, 4.69) is 22.2 Å². The molecule has 1 aliphatic carbocycles. The molecule has 0 bridgehead atoms. The molecular formula is C14H21F3N4. The molecule has 4 nitrogen and oxygen atoms in total. The fraction of sp³-hybridized carbons (Fsp3) is 0.714. The predicted molar refractivity (Wildman–Crippen MR) is 76.4 cm³/mol. The maximum Gasteiger partial charge on any atom is 0.451 e. The van der Waals surface area contributed by atoms with Crippen molar-refractivity contribution in [2.75, 3.05) is 24.3 Å². The molecule has 118 valence electrons. The summed E-state index contributed by atoms with van der Waals surface area (Å²) in [6, 6.07) is 1.79. The van der Waals surface area contributed by atoms with Gasteiger partial charge in [0.1, 0.15) is 11.6 Å². The molecule has 1 aliphatic rings. The van der Waals surface area contributed by atoms with Crippen molar-refractivity contribution in [3.8, 4) is 0 Å². The summed E-state index contributed by atoms with van der Waals surface area (Å²) in [6.07, 6.45) is -0.163. The Hall–Kier alpha value is -1.53. The van der Waals surface area contributed by atoms with Gasteiger partial charge in [-0.05, 0) is 18.8 Å². The van der Waals surface area contributed by atoms with Crippen LogP contribution in [0.15, 0.2) is 6.07 Å². The summed E-state index contributed by atoms with van der Waals surface area (Å²) in [4.78, 5) is 9.07. The largest absolute Gasteiger partial charge is 0.451 e. The van der Waals surface area contributed by atoms with Crippen LogP contribution in [0.1, 0.15) is 38.4 Å². The molecule has 1 saturated carbocycles. The lowest BCUT2D eigenvalue weighted by Crippen LogP contribution is -2.39. The number of nitrogens with zero attached hydrogens (tertiary/aromatic N) is 3. The number of hydrogen-bond acceptors (Lipinski definition) is 4. The van der Waals surface area contributed by atoms with E-state index >= 15 is 0 Å². The van der Waals surface area contributed by atoms with E-state index < -0.39 is 12.0 Å². The summed E-state index contributed by atoms with van der Waals surface area (Å²) in [5.41, 5.74) is 0. The smallest absolute Gasteiger partial charge is 0.373 e. The molecule has 1 aromatic rings. The van der Waals surface area contributed by atoms with Gasteiger partial charge in [-0.2, -0.15) is 13.2 Å². The first kappa shape index (κ1) is 15.9. The molecule has 1 aromatic heterocycles. The summed E-state index contributed by atoms with van der Waals surface area (Å²) in [7, 11) is 3.36. The summed E-state index contributed by atoms with van der Waals surface area (Å²) >= 11 is 0. The first-order chi connectivity index (χ1) is 9.82. The Morgan fingerprint density at radius 1 is 1.24 bits per heavy atom.